The van der Waals surface area contributed by atoms with E-state index < -0.39 is 5.92 Å². The first-order valence-corrected chi connectivity index (χ1v) is 8.09. The van der Waals surface area contributed by atoms with E-state index in [2.05, 4.69) is 31.4 Å². The van der Waals surface area contributed by atoms with Crippen molar-refractivity contribution in [2.75, 3.05) is 5.32 Å². The van der Waals surface area contributed by atoms with Crippen molar-refractivity contribution in [1.29, 1.82) is 0 Å². The Bertz CT molecular complexity index is 1000. The SMILES string of the molecule is FC1(F)CC(Nc2ncc3c(n2)CC=C3c2ccn3nccc3n2)C1. The van der Waals surface area contributed by atoms with Gasteiger partial charge in [0, 0.05) is 54.9 Å². The molecule has 0 unspecified atom stereocenters. The van der Waals surface area contributed by atoms with Gasteiger partial charge in [-0.15, -0.1) is 0 Å². The molecule has 1 N–H and O–H groups in total. The molecule has 0 atom stereocenters. The van der Waals surface area contributed by atoms with Crippen LogP contribution in [0.5, 0.6) is 0 Å². The standard InChI is InChI=1S/C17H14F2N6/c18-17(19)7-10(8-17)22-16-20-9-12-11(1-2-13(12)24-16)14-4-6-25-15(23-14)3-5-21-25/h1,3-6,9-10H,2,7-8H2,(H,20,22,24). The Hall–Kier alpha value is -2.90. The molecule has 8 heteroatoms. The maximum Gasteiger partial charge on any atom is 0.252 e. The predicted molar refractivity (Wildman–Crippen MR) is 87.4 cm³/mol. The highest BCUT2D eigenvalue weighted by atomic mass is 19.3. The fraction of sp³-hybridized carbons (Fsp3) is 0.294. The molecule has 3 aromatic rings. The van der Waals surface area contributed by atoms with Crippen LogP contribution in [-0.4, -0.2) is 36.5 Å². The normalized spacial score (nSPS) is 18.7. The number of halogens is 2. The smallest absolute Gasteiger partial charge is 0.252 e. The molecule has 1 saturated carbocycles. The van der Waals surface area contributed by atoms with Gasteiger partial charge in [-0.1, -0.05) is 6.08 Å². The summed E-state index contributed by atoms with van der Waals surface area (Å²) in [4.78, 5) is 13.4. The lowest BCUT2D eigenvalue weighted by Crippen LogP contribution is -2.44. The number of nitrogens with one attached hydrogen (secondary N) is 1. The number of hydrogen-bond acceptors (Lipinski definition) is 5. The molecule has 0 spiro atoms. The minimum absolute atomic E-state index is 0.160. The highest BCUT2D eigenvalue weighted by molar-refractivity contribution is 5.82. The summed E-state index contributed by atoms with van der Waals surface area (Å²) in [7, 11) is 0. The molecule has 0 bridgehead atoms. The molecule has 3 aromatic heterocycles. The van der Waals surface area contributed by atoms with Crippen molar-refractivity contribution in [3.05, 3.63) is 53.8 Å². The van der Waals surface area contributed by atoms with Gasteiger partial charge in [0.2, 0.25) is 5.95 Å². The second kappa shape index (κ2) is 5.05. The van der Waals surface area contributed by atoms with E-state index in [9.17, 15) is 8.78 Å². The van der Waals surface area contributed by atoms with E-state index in [1.807, 2.05) is 18.3 Å². The monoisotopic (exact) mass is 340 g/mol. The summed E-state index contributed by atoms with van der Waals surface area (Å²) in [5, 5.41) is 7.13. The fourth-order valence-electron chi connectivity index (χ4n) is 3.33. The van der Waals surface area contributed by atoms with Crippen LogP contribution in [0.2, 0.25) is 0 Å². The van der Waals surface area contributed by atoms with E-state index in [4.69, 9.17) is 0 Å². The molecule has 126 valence electrons. The van der Waals surface area contributed by atoms with Crippen molar-refractivity contribution < 1.29 is 8.78 Å². The van der Waals surface area contributed by atoms with Crippen molar-refractivity contribution >= 4 is 17.2 Å². The lowest BCUT2D eigenvalue weighted by molar-refractivity contribution is -0.0794. The van der Waals surface area contributed by atoms with Gasteiger partial charge in [-0.05, 0) is 6.07 Å². The molecule has 3 heterocycles. The first-order chi connectivity index (χ1) is 12.1. The van der Waals surface area contributed by atoms with Gasteiger partial charge in [0.05, 0.1) is 17.6 Å². The average Bonchev–Trinajstić information content (AvgIpc) is 3.18. The molecule has 0 saturated heterocycles. The first kappa shape index (κ1) is 14.4. The maximum atomic E-state index is 12.9. The Balaban J connectivity index is 1.40. The van der Waals surface area contributed by atoms with E-state index >= 15 is 0 Å². The van der Waals surface area contributed by atoms with E-state index in [0.717, 1.165) is 28.2 Å². The topological polar surface area (TPSA) is 68.0 Å². The Morgan fingerprint density at radius 2 is 2.08 bits per heavy atom. The van der Waals surface area contributed by atoms with Gasteiger partial charge in [-0.3, -0.25) is 0 Å². The highest BCUT2D eigenvalue weighted by Crippen LogP contribution is 2.39. The van der Waals surface area contributed by atoms with Gasteiger partial charge in [-0.2, -0.15) is 5.10 Å². The Kier molecular flexibility index (Phi) is 2.92. The van der Waals surface area contributed by atoms with E-state index in [0.29, 0.717) is 12.4 Å². The predicted octanol–water partition coefficient (Wildman–Crippen LogP) is 2.72. The summed E-state index contributed by atoms with van der Waals surface area (Å²) in [5.74, 6) is -2.14. The lowest BCUT2D eigenvalue weighted by Gasteiger charge is -2.35. The van der Waals surface area contributed by atoms with E-state index in [1.54, 1.807) is 16.9 Å². The second-order valence-corrected chi connectivity index (χ2v) is 6.43. The number of nitrogens with zero attached hydrogens (tertiary/aromatic N) is 5. The quantitative estimate of drug-likeness (QED) is 0.794. The van der Waals surface area contributed by atoms with Crippen LogP contribution in [0.3, 0.4) is 0 Å². The first-order valence-electron chi connectivity index (χ1n) is 8.09. The number of alkyl halides is 2. The van der Waals surface area contributed by atoms with Crippen LogP contribution in [0.15, 0.2) is 36.8 Å². The van der Waals surface area contributed by atoms with Crippen molar-refractivity contribution in [2.45, 2.75) is 31.2 Å². The zero-order valence-electron chi connectivity index (χ0n) is 13.2. The Labute approximate surface area is 141 Å². The lowest BCUT2D eigenvalue weighted by atomic mass is 9.88. The van der Waals surface area contributed by atoms with Crippen LogP contribution in [0.1, 0.15) is 29.8 Å². The Morgan fingerprint density at radius 3 is 2.92 bits per heavy atom. The number of anilines is 1. The summed E-state index contributed by atoms with van der Waals surface area (Å²) in [5.41, 5.74) is 4.42. The third-order valence-electron chi connectivity index (χ3n) is 4.61. The second-order valence-electron chi connectivity index (χ2n) is 6.43. The van der Waals surface area contributed by atoms with Crippen LogP contribution >= 0.6 is 0 Å². The highest BCUT2D eigenvalue weighted by Gasteiger charge is 2.45. The number of hydrogen-bond donors (Lipinski definition) is 1. The summed E-state index contributed by atoms with van der Waals surface area (Å²) in [6.07, 6.45) is 7.73. The summed E-state index contributed by atoms with van der Waals surface area (Å²) < 4.78 is 27.6. The third kappa shape index (κ3) is 2.45. The minimum Gasteiger partial charge on any atom is -0.351 e. The van der Waals surface area contributed by atoms with Gasteiger partial charge >= 0.3 is 0 Å². The fourth-order valence-corrected chi connectivity index (χ4v) is 3.33. The molecule has 6 nitrogen and oxygen atoms in total. The van der Waals surface area contributed by atoms with E-state index in [1.165, 1.54) is 0 Å². The van der Waals surface area contributed by atoms with Crippen molar-refractivity contribution in [1.82, 2.24) is 24.6 Å². The number of aromatic nitrogens is 5. The molecule has 1 fully saturated rings. The van der Waals surface area contributed by atoms with Gasteiger partial charge in [0.15, 0.2) is 5.65 Å². The summed E-state index contributed by atoms with van der Waals surface area (Å²) in [6.45, 7) is 0. The molecule has 0 amide bonds. The molecular formula is C17H14F2N6. The molecular weight excluding hydrogens is 326 g/mol. The van der Waals surface area contributed by atoms with Gasteiger partial charge in [-0.25, -0.2) is 28.2 Å². The number of rotatable bonds is 3. The van der Waals surface area contributed by atoms with Crippen molar-refractivity contribution in [2.24, 2.45) is 0 Å². The zero-order valence-corrected chi connectivity index (χ0v) is 13.2. The van der Waals surface area contributed by atoms with Crippen LogP contribution in [-0.2, 0) is 6.42 Å². The average molecular weight is 340 g/mol. The van der Waals surface area contributed by atoms with Gasteiger partial charge < -0.3 is 5.32 Å². The molecule has 5 rings (SSSR count). The molecule has 0 aromatic carbocycles. The largest absolute Gasteiger partial charge is 0.351 e. The molecule has 0 radical (unpaired) electrons. The molecule has 0 aliphatic heterocycles. The van der Waals surface area contributed by atoms with Crippen LogP contribution in [0.4, 0.5) is 14.7 Å². The van der Waals surface area contributed by atoms with Crippen LogP contribution in [0, 0.1) is 0 Å². The number of allylic oxidation sites excluding steroid dienone is 1. The summed E-state index contributed by atoms with van der Waals surface area (Å²) >= 11 is 0. The zero-order chi connectivity index (χ0) is 17.0. The van der Waals surface area contributed by atoms with Crippen molar-refractivity contribution in [3.63, 3.8) is 0 Å². The van der Waals surface area contributed by atoms with E-state index in [-0.39, 0.29) is 18.9 Å². The van der Waals surface area contributed by atoms with Crippen molar-refractivity contribution in [3.8, 4) is 0 Å². The molecule has 25 heavy (non-hydrogen) atoms. The summed E-state index contributed by atoms with van der Waals surface area (Å²) in [6, 6.07) is 3.49. The van der Waals surface area contributed by atoms with Crippen LogP contribution < -0.4 is 5.32 Å². The Morgan fingerprint density at radius 1 is 1.20 bits per heavy atom. The molecule has 2 aliphatic rings. The molecule has 2 aliphatic carbocycles. The van der Waals surface area contributed by atoms with Crippen LogP contribution in [0.25, 0.3) is 11.2 Å². The minimum atomic E-state index is -2.55. The number of fused-ring (bicyclic) bond motifs is 2. The third-order valence-corrected chi connectivity index (χ3v) is 4.61. The van der Waals surface area contributed by atoms with Gasteiger partial charge in [0.25, 0.3) is 5.92 Å². The maximum absolute atomic E-state index is 12.9. The van der Waals surface area contributed by atoms with Gasteiger partial charge in [0.1, 0.15) is 0 Å².